The molecular formula is C6H4Cl2FOPS. The normalized spacial score (nSPS) is 11.2. The Kier molecular flexibility index (Phi) is 3.36. The van der Waals surface area contributed by atoms with Gasteiger partial charge in [0.2, 0.25) is 0 Å². The minimum absolute atomic E-state index is 0.00849. The number of benzene rings is 1. The zero-order chi connectivity index (χ0) is 9.19. The first-order chi connectivity index (χ1) is 5.49. The summed E-state index contributed by atoms with van der Waals surface area (Å²) in [4.78, 5) is -2.88. The Labute approximate surface area is 84.1 Å². The highest BCUT2D eigenvalue weighted by Crippen LogP contribution is 2.57. The highest BCUT2D eigenvalue weighted by atomic mass is 35.9. The zero-order valence-electron chi connectivity index (χ0n) is 5.71. The van der Waals surface area contributed by atoms with Gasteiger partial charge in [-0.2, -0.15) is 0 Å². The van der Waals surface area contributed by atoms with Crippen molar-refractivity contribution in [2.75, 3.05) is 0 Å². The molecule has 0 N–H and O–H groups in total. The number of hydrogen-bond donors (Lipinski definition) is 0. The van der Waals surface area contributed by atoms with Crippen molar-refractivity contribution in [1.29, 1.82) is 0 Å². The van der Waals surface area contributed by atoms with Gasteiger partial charge in [-0.25, -0.2) is 4.39 Å². The summed E-state index contributed by atoms with van der Waals surface area (Å²) < 4.78 is 17.7. The first kappa shape index (κ1) is 10.3. The molecule has 0 aliphatic heterocycles. The quantitative estimate of drug-likeness (QED) is 0.730. The Morgan fingerprint density at radius 1 is 1.33 bits per heavy atom. The summed E-state index contributed by atoms with van der Waals surface area (Å²) in [5.74, 6) is -0.529. The zero-order valence-corrected chi connectivity index (χ0v) is 8.93. The van der Waals surface area contributed by atoms with Crippen LogP contribution in [0.2, 0.25) is 0 Å². The lowest BCUT2D eigenvalue weighted by Gasteiger charge is -2.08. The molecule has 0 saturated heterocycles. The van der Waals surface area contributed by atoms with Gasteiger partial charge >= 0.3 is 0 Å². The van der Waals surface area contributed by atoms with Gasteiger partial charge in [-0.1, -0.05) is 12.1 Å². The lowest BCUT2D eigenvalue weighted by molar-refractivity contribution is 0.537. The van der Waals surface area contributed by atoms with Crippen LogP contribution in [0.25, 0.3) is 0 Å². The van der Waals surface area contributed by atoms with Gasteiger partial charge in [-0.3, -0.25) is 0 Å². The van der Waals surface area contributed by atoms with Crippen molar-refractivity contribution in [1.82, 2.24) is 0 Å². The van der Waals surface area contributed by atoms with Crippen LogP contribution in [0.15, 0.2) is 24.3 Å². The summed E-state index contributed by atoms with van der Waals surface area (Å²) in [5.41, 5.74) is 0. The smallest absolute Gasteiger partial charge is 0.289 e. The standard InChI is InChI=1S/C6H4Cl2FOPS/c7-11(8,12)10-6-4-2-1-3-5(6)9/h1-4H. The van der Waals surface area contributed by atoms with Crippen LogP contribution in [0, 0.1) is 5.82 Å². The molecule has 1 rings (SSSR count). The molecule has 12 heavy (non-hydrogen) atoms. The van der Waals surface area contributed by atoms with Crippen LogP contribution < -0.4 is 4.52 Å². The van der Waals surface area contributed by atoms with Crippen LogP contribution in [0.4, 0.5) is 4.39 Å². The van der Waals surface area contributed by atoms with E-state index < -0.39 is 10.8 Å². The second kappa shape index (κ2) is 3.93. The van der Waals surface area contributed by atoms with E-state index in [4.69, 9.17) is 27.0 Å². The highest BCUT2D eigenvalue weighted by Gasteiger charge is 2.12. The highest BCUT2D eigenvalue weighted by molar-refractivity contribution is 8.36. The van der Waals surface area contributed by atoms with Crippen molar-refractivity contribution in [2.45, 2.75) is 0 Å². The minimum atomic E-state index is -2.88. The molecule has 0 saturated carbocycles. The summed E-state index contributed by atoms with van der Waals surface area (Å²) in [6, 6.07) is 5.81. The minimum Gasteiger partial charge on any atom is -0.438 e. The van der Waals surface area contributed by atoms with Crippen LogP contribution >= 0.6 is 27.5 Å². The number of hydrogen-bond acceptors (Lipinski definition) is 2. The Morgan fingerprint density at radius 2 is 1.92 bits per heavy atom. The summed E-state index contributed by atoms with van der Waals surface area (Å²) in [7, 11) is 0. The molecule has 0 aliphatic rings. The molecule has 1 aromatic rings. The van der Waals surface area contributed by atoms with Crippen molar-refractivity contribution in [2.24, 2.45) is 0 Å². The Hall–Kier alpha value is 0.180. The van der Waals surface area contributed by atoms with E-state index in [1.165, 1.54) is 18.2 Å². The summed E-state index contributed by atoms with van der Waals surface area (Å²) in [5, 5.41) is 0. The molecule has 1 nitrogen and oxygen atoms in total. The van der Waals surface area contributed by atoms with E-state index in [0.717, 1.165) is 0 Å². The molecule has 0 aliphatic carbocycles. The third kappa shape index (κ3) is 3.28. The maximum Gasteiger partial charge on any atom is 0.289 e. The van der Waals surface area contributed by atoms with E-state index in [9.17, 15) is 4.39 Å². The fraction of sp³-hybridized carbons (Fsp3) is 0. The predicted molar refractivity (Wildman–Crippen MR) is 53.0 cm³/mol. The van der Waals surface area contributed by atoms with Crippen LogP contribution in [0.5, 0.6) is 5.75 Å². The SMILES string of the molecule is Fc1ccccc1OP(=S)(Cl)Cl. The van der Waals surface area contributed by atoms with Crippen LogP contribution in [0.3, 0.4) is 0 Å². The van der Waals surface area contributed by atoms with Gasteiger partial charge in [-0.05, 0) is 46.4 Å². The molecule has 0 fully saturated rings. The van der Waals surface area contributed by atoms with Crippen molar-refractivity contribution < 1.29 is 8.91 Å². The topological polar surface area (TPSA) is 9.23 Å². The van der Waals surface area contributed by atoms with Crippen molar-refractivity contribution in [3.8, 4) is 5.75 Å². The number of halogens is 3. The van der Waals surface area contributed by atoms with Gasteiger partial charge in [-0.15, -0.1) is 0 Å². The van der Waals surface area contributed by atoms with E-state index in [1.807, 2.05) is 0 Å². The molecular weight excluding hydrogens is 241 g/mol. The largest absolute Gasteiger partial charge is 0.438 e. The molecule has 0 heterocycles. The molecule has 0 radical (unpaired) electrons. The second-order valence-corrected chi connectivity index (χ2v) is 9.07. The fourth-order valence-electron chi connectivity index (χ4n) is 0.633. The molecule has 1 aromatic carbocycles. The Bertz CT molecular complexity index is 327. The average molecular weight is 245 g/mol. The van der Waals surface area contributed by atoms with Gasteiger partial charge in [0.15, 0.2) is 11.6 Å². The van der Waals surface area contributed by atoms with Crippen LogP contribution in [0.1, 0.15) is 0 Å². The molecule has 0 bridgehead atoms. The molecule has 0 aromatic heterocycles. The maximum absolute atomic E-state index is 12.8. The summed E-state index contributed by atoms with van der Waals surface area (Å²) >= 11 is 15.5. The van der Waals surface area contributed by atoms with Gasteiger partial charge in [0.25, 0.3) is 4.97 Å². The van der Waals surface area contributed by atoms with Gasteiger partial charge in [0.1, 0.15) is 0 Å². The fourth-order valence-corrected chi connectivity index (χ4v) is 1.70. The van der Waals surface area contributed by atoms with Crippen molar-refractivity contribution in [3.63, 3.8) is 0 Å². The first-order valence-corrected chi connectivity index (χ1v) is 7.45. The molecule has 6 heteroatoms. The molecule has 66 valence electrons. The summed E-state index contributed by atoms with van der Waals surface area (Å²) in [6.45, 7) is 0. The third-order valence-electron chi connectivity index (χ3n) is 1.04. The van der Waals surface area contributed by atoms with Gasteiger partial charge < -0.3 is 4.52 Å². The van der Waals surface area contributed by atoms with Crippen LogP contribution in [-0.2, 0) is 11.8 Å². The predicted octanol–water partition coefficient (Wildman–Crippen LogP) is 3.91. The van der Waals surface area contributed by atoms with E-state index in [2.05, 4.69) is 11.8 Å². The second-order valence-electron chi connectivity index (χ2n) is 1.94. The van der Waals surface area contributed by atoms with E-state index in [-0.39, 0.29) is 5.75 Å². The molecule has 0 spiro atoms. The molecule has 0 amide bonds. The summed E-state index contributed by atoms with van der Waals surface area (Å²) in [6.07, 6.45) is 0. The molecule has 0 unspecified atom stereocenters. The maximum atomic E-state index is 12.8. The van der Waals surface area contributed by atoms with Gasteiger partial charge in [0, 0.05) is 0 Å². The Balaban J connectivity index is 2.90. The van der Waals surface area contributed by atoms with Crippen molar-refractivity contribution >= 4 is 39.3 Å². The van der Waals surface area contributed by atoms with Crippen molar-refractivity contribution in [3.05, 3.63) is 30.1 Å². The van der Waals surface area contributed by atoms with Gasteiger partial charge in [0.05, 0.1) is 0 Å². The number of para-hydroxylation sites is 1. The monoisotopic (exact) mass is 244 g/mol. The van der Waals surface area contributed by atoms with Crippen LogP contribution in [-0.4, -0.2) is 0 Å². The van der Waals surface area contributed by atoms with E-state index >= 15 is 0 Å². The van der Waals surface area contributed by atoms with E-state index in [0.29, 0.717) is 0 Å². The Morgan fingerprint density at radius 3 is 2.42 bits per heavy atom. The lowest BCUT2D eigenvalue weighted by Crippen LogP contribution is -1.84. The molecule has 0 atom stereocenters. The third-order valence-corrected chi connectivity index (χ3v) is 2.09. The lowest BCUT2D eigenvalue weighted by atomic mass is 10.3. The first-order valence-electron chi connectivity index (χ1n) is 2.92. The number of rotatable bonds is 2. The average Bonchev–Trinajstić information content (AvgIpc) is 1.91. The van der Waals surface area contributed by atoms with E-state index in [1.54, 1.807) is 6.07 Å².